The fourth-order valence-corrected chi connectivity index (χ4v) is 2.94. The lowest BCUT2D eigenvalue weighted by atomic mass is 9.80. The Labute approximate surface area is 112 Å². The van der Waals surface area contributed by atoms with Crippen molar-refractivity contribution in [3.05, 3.63) is 47.3 Å². The van der Waals surface area contributed by atoms with Crippen molar-refractivity contribution < 1.29 is 0 Å². The van der Waals surface area contributed by atoms with Gasteiger partial charge < -0.3 is 5.32 Å². The van der Waals surface area contributed by atoms with Gasteiger partial charge in [0.15, 0.2) is 0 Å². The molecular weight excluding hydrogens is 242 g/mol. The average Bonchev–Trinajstić information content (AvgIpc) is 2.84. The van der Waals surface area contributed by atoms with E-state index in [1.807, 2.05) is 13.2 Å². The van der Waals surface area contributed by atoms with E-state index in [1.54, 1.807) is 0 Å². The van der Waals surface area contributed by atoms with E-state index in [4.69, 9.17) is 0 Å². The molecule has 0 radical (unpaired) electrons. The van der Waals surface area contributed by atoms with Gasteiger partial charge in [0.1, 0.15) is 0 Å². The summed E-state index contributed by atoms with van der Waals surface area (Å²) in [6.07, 6.45) is 5.93. The first-order chi connectivity index (χ1) is 8.88. The highest BCUT2D eigenvalue weighted by atomic mass is 32.1. The van der Waals surface area contributed by atoms with E-state index in [9.17, 15) is 0 Å². The highest BCUT2D eigenvalue weighted by Crippen LogP contribution is 2.36. The molecule has 1 aliphatic carbocycles. The monoisotopic (exact) mass is 259 g/mol. The van der Waals surface area contributed by atoms with E-state index in [1.165, 1.54) is 42.1 Å². The van der Waals surface area contributed by atoms with Crippen molar-refractivity contribution in [2.24, 2.45) is 0 Å². The Hall–Kier alpha value is -1.26. The minimum absolute atomic E-state index is 0.152. The Morgan fingerprint density at radius 2 is 2.06 bits per heavy atom. The molecule has 1 unspecified atom stereocenters. The lowest BCUT2D eigenvalue weighted by molar-refractivity contribution is 0.419. The van der Waals surface area contributed by atoms with Crippen LogP contribution >= 0.6 is 11.7 Å². The Bertz CT molecular complexity index is 488. The molecule has 1 N–H and O–H groups in total. The smallest absolute Gasteiger partial charge is 0.0957 e. The zero-order valence-corrected chi connectivity index (χ0v) is 11.3. The number of nitrogens with one attached hydrogen (secondary N) is 1. The summed E-state index contributed by atoms with van der Waals surface area (Å²) in [4.78, 5) is 0. The first-order valence-corrected chi connectivity index (χ1v) is 7.16. The Balaban J connectivity index is 1.82. The average molecular weight is 259 g/mol. The molecule has 0 amide bonds. The largest absolute Gasteiger partial charge is 0.308 e. The molecule has 1 heterocycles. The number of hydrogen-bond acceptors (Lipinski definition) is 4. The molecule has 0 saturated heterocycles. The predicted molar refractivity (Wildman–Crippen MR) is 73.8 cm³/mol. The van der Waals surface area contributed by atoms with Gasteiger partial charge in [-0.3, -0.25) is 0 Å². The van der Waals surface area contributed by atoms with E-state index in [0.29, 0.717) is 0 Å². The molecule has 1 fully saturated rings. The summed E-state index contributed by atoms with van der Waals surface area (Å²) in [5.41, 5.74) is 3.74. The van der Waals surface area contributed by atoms with Crippen LogP contribution in [0.3, 0.4) is 0 Å². The first kappa shape index (κ1) is 11.8. The minimum Gasteiger partial charge on any atom is -0.308 e. The van der Waals surface area contributed by atoms with Crippen LogP contribution in [0.5, 0.6) is 0 Å². The number of hydrogen-bond donors (Lipinski definition) is 1. The van der Waals surface area contributed by atoms with Gasteiger partial charge in [-0.2, -0.15) is 8.75 Å². The number of rotatable bonds is 4. The minimum atomic E-state index is 0.152. The molecule has 1 aromatic carbocycles. The van der Waals surface area contributed by atoms with Crippen LogP contribution in [-0.2, 0) is 0 Å². The van der Waals surface area contributed by atoms with Crippen molar-refractivity contribution in [3.8, 4) is 0 Å². The van der Waals surface area contributed by atoms with Gasteiger partial charge in [0, 0.05) is 0 Å². The lowest BCUT2D eigenvalue weighted by Gasteiger charge is -2.26. The molecule has 1 saturated carbocycles. The van der Waals surface area contributed by atoms with Gasteiger partial charge in [-0.1, -0.05) is 30.7 Å². The number of nitrogens with zero attached hydrogens (tertiary/aromatic N) is 2. The second-order valence-electron chi connectivity index (χ2n) is 4.85. The molecule has 0 bridgehead atoms. The number of aromatic nitrogens is 2. The van der Waals surface area contributed by atoms with Gasteiger partial charge >= 0.3 is 0 Å². The van der Waals surface area contributed by atoms with Crippen molar-refractivity contribution in [1.29, 1.82) is 0 Å². The Morgan fingerprint density at radius 3 is 2.56 bits per heavy atom. The van der Waals surface area contributed by atoms with Crippen LogP contribution in [0, 0.1) is 0 Å². The summed E-state index contributed by atoms with van der Waals surface area (Å²) in [6.45, 7) is 0. The highest BCUT2D eigenvalue weighted by molar-refractivity contribution is 6.99. The molecule has 1 aliphatic rings. The Morgan fingerprint density at radius 1 is 1.28 bits per heavy atom. The second kappa shape index (κ2) is 5.16. The second-order valence-corrected chi connectivity index (χ2v) is 5.41. The van der Waals surface area contributed by atoms with Crippen LogP contribution < -0.4 is 5.32 Å². The molecule has 2 aromatic rings. The number of benzene rings is 1. The van der Waals surface area contributed by atoms with Crippen LogP contribution in [0.25, 0.3) is 0 Å². The van der Waals surface area contributed by atoms with Crippen molar-refractivity contribution in [3.63, 3.8) is 0 Å². The molecule has 94 valence electrons. The first-order valence-electron chi connectivity index (χ1n) is 6.43. The third-order valence-electron chi connectivity index (χ3n) is 3.81. The van der Waals surface area contributed by atoms with E-state index < -0.39 is 0 Å². The van der Waals surface area contributed by atoms with E-state index in [2.05, 4.69) is 38.3 Å². The molecule has 0 aliphatic heterocycles. The van der Waals surface area contributed by atoms with Crippen LogP contribution in [0.4, 0.5) is 0 Å². The maximum Gasteiger partial charge on any atom is 0.0957 e. The van der Waals surface area contributed by atoms with Gasteiger partial charge in [-0.15, -0.1) is 0 Å². The van der Waals surface area contributed by atoms with Crippen molar-refractivity contribution >= 4 is 11.7 Å². The molecular formula is C14H17N3S. The third-order valence-corrected chi connectivity index (χ3v) is 4.30. The third kappa shape index (κ3) is 2.18. The fourth-order valence-electron chi connectivity index (χ4n) is 2.49. The van der Waals surface area contributed by atoms with Crippen molar-refractivity contribution in [2.45, 2.75) is 31.2 Å². The fraction of sp³-hybridized carbons (Fsp3) is 0.429. The maximum atomic E-state index is 4.32. The standard InChI is InChI=1S/C14H17N3S/c1-15-14(13-9-16-18-17-13)12-7-5-11(6-8-12)10-3-2-4-10/h5-10,14-15H,2-4H2,1H3. The molecule has 3 nitrogen and oxygen atoms in total. The summed E-state index contributed by atoms with van der Waals surface area (Å²) >= 11 is 1.26. The predicted octanol–water partition coefficient (Wildman–Crippen LogP) is 3.11. The molecule has 1 atom stereocenters. The normalized spacial score (nSPS) is 17.4. The SMILES string of the molecule is CNC(c1ccc(C2CCC2)cc1)c1cnsn1. The summed E-state index contributed by atoms with van der Waals surface area (Å²) in [5, 5.41) is 3.30. The van der Waals surface area contributed by atoms with E-state index >= 15 is 0 Å². The summed E-state index contributed by atoms with van der Waals surface area (Å²) < 4.78 is 8.39. The van der Waals surface area contributed by atoms with Gasteiger partial charge in [0.25, 0.3) is 0 Å². The molecule has 18 heavy (non-hydrogen) atoms. The molecule has 0 spiro atoms. The quantitative estimate of drug-likeness (QED) is 0.916. The molecule has 3 rings (SSSR count). The van der Waals surface area contributed by atoms with Gasteiger partial charge in [0.2, 0.25) is 0 Å². The van der Waals surface area contributed by atoms with Gasteiger partial charge in [-0.25, -0.2) is 0 Å². The van der Waals surface area contributed by atoms with Crippen molar-refractivity contribution in [2.75, 3.05) is 7.05 Å². The maximum absolute atomic E-state index is 4.32. The zero-order valence-electron chi connectivity index (χ0n) is 10.5. The van der Waals surface area contributed by atoms with Crippen LogP contribution in [-0.4, -0.2) is 15.8 Å². The molecule has 1 aromatic heterocycles. The Kier molecular flexibility index (Phi) is 3.39. The lowest BCUT2D eigenvalue weighted by Crippen LogP contribution is -2.18. The van der Waals surface area contributed by atoms with Crippen LogP contribution in [0.2, 0.25) is 0 Å². The summed E-state index contributed by atoms with van der Waals surface area (Å²) in [6, 6.07) is 9.12. The van der Waals surface area contributed by atoms with Gasteiger partial charge in [-0.05, 0) is 36.9 Å². The summed E-state index contributed by atoms with van der Waals surface area (Å²) in [7, 11) is 1.96. The highest BCUT2D eigenvalue weighted by Gasteiger charge is 2.20. The van der Waals surface area contributed by atoms with E-state index in [-0.39, 0.29) is 6.04 Å². The molecule has 4 heteroatoms. The van der Waals surface area contributed by atoms with Crippen LogP contribution in [0.1, 0.15) is 48.0 Å². The van der Waals surface area contributed by atoms with E-state index in [0.717, 1.165) is 11.6 Å². The zero-order chi connectivity index (χ0) is 12.4. The summed E-state index contributed by atoms with van der Waals surface area (Å²) in [5.74, 6) is 0.799. The van der Waals surface area contributed by atoms with Crippen LogP contribution in [0.15, 0.2) is 30.5 Å². The van der Waals surface area contributed by atoms with Gasteiger partial charge in [0.05, 0.1) is 29.7 Å². The van der Waals surface area contributed by atoms with Crippen molar-refractivity contribution in [1.82, 2.24) is 14.1 Å². The topological polar surface area (TPSA) is 37.8 Å².